The van der Waals surface area contributed by atoms with Crippen LogP contribution < -0.4 is 10.2 Å². The molecule has 3 aromatic rings. The van der Waals surface area contributed by atoms with E-state index in [1.165, 1.54) is 16.2 Å². The Morgan fingerprint density at radius 1 is 1.16 bits per heavy atom. The molecular formula is C22H24N4O3S2. The van der Waals surface area contributed by atoms with Gasteiger partial charge in [-0.05, 0) is 35.7 Å². The van der Waals surface area contributed by atoms with E-state index in [-0.39, 0.29) is 24.8 Å². The largest absolute Gasteiger partial charge is 0.378 e. The second-order valence-electron chi connectivity index (χ2n) is 7.24. The third kappa shape index (κ3) is 5.69. The second-order valence-corrected chi connectivity index (χ2v) is 9.05. The summed E-state index contributed by atoms with van der Waals surface area (Å²) in [6.07, 6.45) is 0.180. The Bertz CT molecular complexity index is 1010. The van der Waals surface area contributed by atoms with E-state index in [9.17, 15) is 9.59 Å². The Hall–Kier alpha value is -2.75. The summed E-state index contributed by atoms with van der Waals surface area (Å²) in [7, 11) is 1.63. The number of thiophene rings is 1. The number of aromatic nitrogens is 1. The summed E-state index contributed by atoms with van der Waals surface area (Å²) in [5.74, 6) is -0.367. The average Bonchev–Trinajstić information content (AvgIpc) is 3.47. The zero-order chi connectivity index (χ0) is 21.6. The lowest BCUT2D eigenvalue weighted by Gasteiger charge is -2.28. The number of anilines is 2. The van der Waals surface area contributed by atoms with Crippen molar-refractivity contribution >= 4 is 45.9 Å². The Balaban J connectivity index is 1.26. The third-order valence-electron chi connectivity index (χ3n) is 4.95. The van der Waals surface area contributed by atoms with Gasteiger partial charge in [-0.15, -0.1) is 22.7 Å². The number of nitrogens with one attached hydrogen (secondary N) is 1. The number of nitrogens with zero attached hydrogens (tertiary/aromatic N) is 3. The van der Waals surface area contributed by atoms with Crippen LogP contribution in [0.25, 0.3) is 9.88 Å². The predicted octanol–water partition coefficient (Wildman–Crippen LogP) is 3.35. The molecule has 0 atom stereocenters. The van der Waals surface area contributed by atoms with Crippen molar-refractivity contribution in [2.75, 3.05) is 50.1 Å². The number of morpholine rings is 1. The van der Waals surface area contributed by atoms with E-state index in [0.717, 1.165) is 47.6 Å². The zero-order valence-electron chi connectivity index (χ0n) is 17.2. The molecule has 0 aliphatic carbocycles. The first-order valence-corrected chi connectivity index (χ1v) is 11.8. The summed E-state index contributed by atoms with van der Waals surface area (Å²) in [5.41, 5.74) is 2.55. The number of thiazole rings is 1. The van der Waals surface area contributed by atoms with Crippen LogP contribution in [0.2, 0.25) is 0 Å². The molecule has 0 spiro atoms. The number of likely N-dealkylation sites (N-methyl/N-ethyl adjacent to an activating group) is 1. The van der Waals surface area contributed by atoms with Gasteiger partial charge in [0.15, 0.2) is 0 Å². The number of hydrogen-bond acceptors (Lipinski definition) is 7. The molecule has 0 radical (unpaired) electrons. The fourth-order valence-electron chi connectivity index (χ4n) is 3.27. The van der Waals surface area contributed by atoms with Crippen molar-refractivity contribution in [1.29, 1.82) is 0 Å². The molecule has 1 saturated heterocycles. The van der Waals surface area contributed by atoms with Gasteiger partial charge in [0.05, 0.1) is 36.8 Å². The van der Waals surface area contributed by atoms with Crippen LogP contribution in [0.1, 0.15) is 5.69 Å². The Morgan fingerprint density at radius 2 is 1.94 bits per heavy atom. The molecule has 0 unspecified atom stereocenters. The third-order valence-corrected chi connectivity index (χ3v) is 6.88. The van der Waals surface area contributed by atoms with E-state index in [2.05, 4.69) is 15.2 Å². The highest BCUT2D eigenvalue weighted by molar-refractivity contribution is 7.20. The minimum Gasteiger partial charge on any atom is -0.378 e. The standard InChI is InChI=1S/C22H24N4O3S2/c1-25(21(28)13-17-15-31-22(24-17)19-3-2-12-30-19)14-20(27)23-16-4-6-18(7-5-16)26-8-10-29-11-9-26/h2-7,12,15H,8-11,13-14H2,1H3,(H,23,27). The van der Waals surface area contributed by atoms with Gasteiger partial charge < -0.3 is 19.9 Å². The van der Waals surface area contributed by atoms with Crippen molar-refractivity contribution in [3.8, 4) is 9.88 Å². The monoisotopic (exact) mass is 456 g/mol. The predicted molar refractivity (Wildman–Crippen MR) is 125 cm³/mol. The maximum atomic E-state index is 12.5. The molecule has 1 aromatic carbocycles. The SMILES string of the molecule is CN(CC(=O)Nc1ccc(N2CCOCC2)cc1)C(=O)Cc1csc(-c2cccs2)n1. The molecular weight excluding hydrogens is 432 g/mol. The Kier molecular flexibility index (Phi) is 6.96. The molecule has 31 heavy (non-hydrogen) atoms. The molecule has 7 nitrogen and oxygen atoms in total. The highest BCUT2D eigenvalue weighted by Crippen LogP contribution is 2.28. The van der Waals surface area contributed by atoms with Crippen LogP contribution >= 0.6 is 22.7 Å². The number of benzene rings is 1. The maximum Gasteiger partial charge on any atom is 0.243 e. The average molecular weight is 457 g/mol. The van der Waals surface area contributed by atoms with E-state index in [1.54, 1.807) is 18.4 Å². The Morgan fingerprint density at radius 3 is 2.65 bits per heavy atom. The molecule has 0 bridgehead atoms. The van der Waals surface area contributed by atoms with Crippen LogP contribution in [0.5, 0.6) is 0 Å². The number of rotatable bonds is 7. The number of amides is 2. The molecule has 0 saturated carbocycles. The van der Waals surface area contributed by atoms with Crippen molar-refractivity contribution in [3.63, 3.8) is 0 Å². The van der Waals surface area contributed by atoms with Crippen LogP contribution in [-0.2, 0) is 20.7 Å². The van der Waals surface area contributed by atoms with Gasteiger partial charge >= 0.3 is 0 Å². The first-order chi connectivity index (χ1) is 15.1. The minimum atomic E-state index is -0.229. The van der Waals surface area contributed by atoms with Crippen LogP contribution in [0.15, 0.2) is 47.2 Å². The molecule has 1 fully saturated rings. The van der Waals surface area contributed by atoms with Crippen LogP contribution in [0, 0.1) is 0 Å². The summed E-state index contributed by atoms with van der Waals surface area (Å²) in [4.78, 5) is 34.2. The fraction of sp³-hybridized carbons (Fsp3) is 0.318. The lowest BCUT2D eigenvalue weighted by molar-refractivity contribution is -0.132. The molecule has 9 heteroatoms. The van der Waals surface area contributed by atoms with Crippen molar-refractivity contribution in [1.82, 2.24) is 9.88 Å². The van der Waals surface area contributed by atoms with Gasteiger partial charge in [-0.2, -0.15) is 0 Å². The highest BCUT2D eigenvalue weighted by Gasteiger charge is 2.16. The molecule has 162 valence electrons. The van der Waals surface area contributed by atoms with Crippen LogP contribution in [0.3, 0.4) is 0 Å². The highest BCUT2D eigenvalue weighted by atomic mass is 32.1. The van der Waals surface area contributed by atoms with Gasteiger partial charge in [-0.25, -0.2) is 4.98 Å². The van der Waals surface area contributed by atoms with Gasteiger partial charge in [0.2, 0.25) is 11.8 Å². The van der Waals surface area contributed by atoms with Gasteiger partial charge in [0.1, 0.15) is 5.01 Å². The van der Waals surface area contributed by atoms with Crippen molar-refractivity contribution in [2.24, 2.45) is 0 Å². The quantitative estimate of drug-likeness (QED) is 0.590. The number of carbonyl (C=O) groups is 2. The zero-order valence-corrected chi connectivity index (χ0v) is 18.9. The molecule has 3 heterocycles. The van der Waals surface area contributed by atoms with Crippen molar-refractivity contribution < 1.29 is 14.3 Å². The minimum absolute atomic E-state index is 0.00797. The van der Waals surface area contributed by atoms with E-state index >= 15 is 0 Å². The summed E-state index contributed by atoms with van der Waals surface area (Å²) >= 11 is 3.15. The smallest absolute Gasteiger partial charge is 0.243 e. The van der Waals surface area contributed by atoms with Gasteiger partial charge in [-0.1, -0.05) is 6.07 Å². The summed E-state index contributed by atoms with van der Waals surface area (Å²) in [6, 6.07) is 11.7. The van der Waals surface area contributed by atoms with Crippen molar-refractivity contribution in [2.45, 2.75) is 6.42 Å². The molecule has 1 N–H and O–H groups in total. The van der Waals surface area contributed by atoms with E-state index in [4.69, 9.17) is 4.74 Å². The maximum absolute atomic E-state index is 12.5. The van der Waals surface area contributed by atoms with Gasteiger partial charge in [-0.3, -0.25) is 9.59 Å². The number of hydrogen-bond donors (Lipinski definition) is 1. The lowest BCUT2D eigenvalue weighted by Crippen LogP contribution is -2.36. The van der Waals surface area contributed by atoms with E-state index in [0.29, 0.717) is 5.69 Å². The topological polar surface area (TPSA) is 74.8 Å². The molecule has 1 aliphatic rings. The molecule has 1 aliphatic heterocycles. The summed E-state index contributed by atoms with van der Waals surface area (Å²) in [5, 5.41) is 7.68. The van der Waals surface area contributed by atoms with Gasteiger partial charge in [0, 0.05) is 36.9 Å². The summed E-state index contributed by atoms with van der Waals surface area (Å²) < 4.78 is 5.38. The summed E-state index contributed by atoms with van der Waals surface area (Å²) in [6.45, 7) is 3.19. The first-order valence-electron chi connectivity index (χ1n) is 10.0. The normalized spacial score (nSPS) is 13.8. The number of carbonyl (C=O) groups excluding carboxylic acids is 2. The van der Waals surface area contributed by atoms with Crippen LogP contribution in [0.4, 0.5) is 11.4 Å². The molecule has 2 aromatic heterocycles. The van der Waals surface area contributed by atoms with E-state index in [1.807, 2.05) is 47.2 Å². The molecule has 4 rings (SSSR count). The first kappa shape index (κ1) is 21.5. The Labute approximate surface area is 189 Å². The lowest BCUT2D eigenvalue weighted by atomic mass is 10.2. The fourth-order valence-corrected chi connectivity index (χ4v) is 4.91. The van der Waals surface area contributed by atoms with E-state index < -0.39 is 0 Å². The van der Waals surface area contributed by atoms with Crippen LogP contribution in [-0.4, -0.2) is 61.6 Å². The molecule has 2 amide bonds. The van der Waals surface area contributed by atoms with Crippen molar-refractivity contribution in [3.05, 3.63) is 52.9 Å². The van der Waals surface area contributed by atoms with Gasteiger partial charge in [0.25, 0.3) is 0 Å². The number of ether oxygens (including phenoxy) is 1. The second kappa shape index (κ2) is 10.0.